The topological polar surface area (TPSA) is 18.5 Å². The highest BCUT2D eigenvalue weighted by Gasteiger charge is 1.96. The first-order valence-electron chi connectivity index (χ1n) is 15.6. The molecule has 200 valence electrons. The molecular weight excluding hydrogens is 404 g/mol. The number of hydrogen-bond acceptors (Lipinski definition) is 2. The van der Waals surface area contributed by atoms with Crippen molar-refractivity contribution in [2.45, 2.75) is 174 Å². The van der Waals surface area contributed by atoms with Crippen LogP contribution in [0.5, 0.6) is 0 Å². The van der Waals surface area contributed by atoms with E-state index in [1.807, 2.05) is 6.92 Å². The molecule has 0 fully saturated rings. The van der Waals surface area contributed by atoms with E-state index >= 15 is 0 Å². The van der Waals surface area contributed by atoms with Gasteiger partial charge in [-0.15, -0.1) is 0 Å². The molecule has 0 bridgehead atoms. The Kier molecular flexibility index (Phi) is 31.8. The average Bonchev–Trinajstić information content (AvgIpc) is 2.83. The summed E-state index contributed by atoms with van der Waals surface area (Å²) >= 11 is 0. The molecule has 2 nitrogen and oxygen atoms in total. The minimum Gasteiger partial charge on any atom is -0.382 e. The van der Waals surface area contributed by atoms with Crippen LogP contribution in [-0.2, 0) is 9.47 Å². The van der Waals surface area contributed by atoms with Crippen molar-refractivity contribution >= 4 is 0 Å². The van der Waals surface area contributed by atoms with Crippen LogP contribution < -0.4 is 0 Å². The standard InChI is InChI=1S/C31H64O2/c1-3-5-6-7-8-9-10-11-12-13-14-15-16-17-18-19-20-21-22-23-24-25-26-27-29-33-31-28-30-32-4-2/h3-31H2,1-2H3. The van der Waals surface area contributed by atoms with Crippen molar-refractivity contribution in [2.24, 2.45) is 0 Å². The minimum atomic E-state index is 0.819. The molecule has 0 spiro atoms. The van der Waals surface area contributed by atoms with Gasteiger partial charge in [0.05, 0.1) is 0 Å². The second kappa shape index (κ2) is 31.9. The number of hydrogen-bond donors (Lipinski definition) is 0. The molecule has 0 aliphatic carbocycles. The SMILES string of the molecule is CCCCCCCCCCCCCCCCCCCCCCCCCCOCCCOCC. The lowest BCUT2D eigenvalue weighted by Gasteiger charge is -2.05. The van der Waals surface area contributed by atoms with Gasteiger partial charge in [-0.05, 0) is 19.8 Å². The lowest BCUT2D eigenvalue weighted by atomic mass is 10.0. The van der Waals surface area contributed by atoms with E-state index in [2.05, 4.69) is 6.92 Å². The summed E-state index contributed by atoms with van der Waals surface area (Å²) in [7, 11) is 0. The first-order valence-corrected chi connectivity index (χ1v) is 15.6. The van der Waals surface area contributed by atoms with Crippen LogP contribution in [0.4, 0.5) is 0 Å². The quantitative estimate of drug-likeness (QED) is 0.0975. The van der Waals surface area contributed by atoms with Crippen molar-refractivity contribution in [1.82, 2.24) is 0 Å². The Balaban J connectivity index is 2.99. The van der Waals surface area contributed by atoms with Crippen LogP contribution in [0, 0.1) is 0 Å². The lowest BCUT2D eigenvalue weighted by molar-refractivity contribution is 0.0860. The summed E-state index contributed by atoms with van der Waals surface area (Å²) in [4.78, 5) is 0. The monoisotopic (exact) mass is 468 g/mol. The molecule has 0 aromatic carbocycles. The Morgan fingerprint density at radius 2 is 0.545 bits per heavy atom. The van der Waals surface area contributed by atoms with Gasteiger partial charge in [-0.3, -0.25) is 0 Å². The van der Waals surface area contributed by atoms with Gasteiger partial charge in [0.15, 0.2) is 0 Å². The van der Waals surface area contributed by atoms with E-state index in [1.54, 1.807) is 0 Å². The first kappa shape index (κ1) is 32.9. The maximum Gasteiger partial charge on any atom is 0.0487 e. The molecule has 0 rings (SSSR count). The van der Waals surface area contributed by atoms with E-state index in [0.717, 1.165) is 32.8 Å². The van der Waals surface area contributed by atoms with Crippen molar-refractivity contribution in [3.05, 3.63) is 0 Å². The molecule has 0 aromatic rings. The number of rotatable bonds is 30. The number of unbranched alkanes of at least 4 members (excludes halogenated alkanes) is 23. The Bertz CT molecular complexity index is 288. The molecule has 0 N–H and O–H groups in total. The summed E-state index contributed by atoms with van der Waals surface area (Å²) in [6.07, 6.45) is 35.7. The molecule has 0 atom stereocenters. The largest absolute Gasteiger partial charge is 0.382 e. The van der Waals surface area contributed by atoms with Crippen molar-refractivity contribution < 1.29 is 9.47 Å². The Morgan fingerprint density at radius 1 is 0.273 bits per heavy atom. The van der Waals surface area contributed by atoms with Gasteiger partial charge in [-0.1, -0.05) is 155 Å². The van der Waals surface area contributed by atoms with Crippen molar-refractivity contribution in [1.29, 1.82) is 0 Å². The van der Waals surface area contributed by atoms with Crippen LogP contribution in [0.3, 0.4) is 0 Å². The molecular formula is C31H64O2. The van der Waals surface area contributed by atoms with E-state index in [0.29, 0.717) is 0 Å². The van der Waals surface area contributed by atoms with E-state index in [1.165, 1.54) is 154 Å². The summed E-state index contributed by atoms with van der Waals surface area (Å²) in [5, 5.41) is 0. The summed E-state index contributed by atoms with van der Waals surface area (Å²) in [5.41, 5.74) is 0. The van der Waals surface area contributed by atoms with Gasteiger partial charge in [0.2, 0.25) is 0 Å². The number of ether oxygens (including phenoxy) is 2. The van der Waals surface area contributed by atoms with E-state index in [9.17, 15) is 0 Å². The summed E-state index contributed by atoms with van der Waals surface area (Å²) in [6.45, 7) is 7.80. The highest BCUT2D eigenvalue weighted by Crippen LogP contribution is 2.15. The van der Waals surface area contributed by atoms with E-state index < -0.39 is 0 Å². The third kappa shape index (κ3) is 31.9. The zero-order chi connectivity index (χ0) is 23.9. The van der Waals surface area contributed by atoms with Crippen molar-refractivity contribution in [2.75, 3.05) is 26.4 Å². The maximum absolute atomic E-state index is 5.65. The molecule has 0 radical (unpaired) electrons. The van der Waals surface area contributed by atoms with Gasteiger partial charge in [-0.2, -0.15) is 0 Å². The zero-order valence-corrected chi connectivity index (χ0v) is 23.3. The highest BCUT2D eigenvalue weighted by atomic mass is 16.5. The fourth-order valence-corrected chi connectivity index (χ4v) is 4.68. The van der Waals surface area contributed by atoms with E-state index in [4.69, 9.17) is 9.47 Å². The van der Waals surface area contributed by atoms with Gasteiger partial charge < -0.3 is 9.47 Å². The Morgan fingerprint density at radius 3 is 0.879 bits per heavy atom. The van der Waals surface area contributed by atoms with Crippen LogP contribution in [0.2, 0.25) is 0 Å². The van der Waals surface area contributed by atoms with Crippen LogP contribution in [-0.4, -0.2) is 26.4 Å². The summed E-state index contributed by atoms with van der Waals surface area (Å²) in [6, 6.07) is 0. The van der Waals surface area contributed by atoms with Crippen LogP contribution in [0.1, 0.15) is 174 Å². The van der Waals surface area contributed by atoms with Crippen LogP contribution in [0.15, 0.2) is 0 Å². The molecule has 2 heteroatoms. The van der Waals surface area contributed by atoms with Gasteiger partial charge in [0.25, 0.3) is 0 Å². The molecule has 0 aliphatic heterocycles. The van der Waals surface area contributed by atoms with Gasteiger partial charge in [0.1, 0.15) is 0 Å². The molecule has 0 heterocycles. The molecule has 0 unspecified atom stereocenters. The first-order chi connectivity index (χ1) is 16.4. The fraction of sp³-hybridized carbons (Fsp3) is 1.00. The van der Waals surface area contributed by atoms with Gasteiger partial charge >= 0.3 is 0 Å². The van der Waals surface area contributed by atoms with Crippen molar-refractivity contribution in [3.8, 4) is 0 Å². The fourth-order valence-electron chi connectivity index (χ4n) is 4.68. The summed E-state index contributed by atoms with van der Waals surface area (Å²) < 4.78 is 11.0. The third-order valence-corrected chi connectivity index (χ3v) is 6.92. The molecule has 0 aromatic heterocycles. The second-order valence-electron chi connectivity index (χ2n) is 10.3. The van der Waals surface area contributed by atoms with Gasteiger partial charge in [0, 0.05) is 26.4 Å². The van der Waals surface area contributed by atoms with Crippen molar-refractivity contribution in [3.63, 3.8) is 0 Å². The second-order valence-corrected chi connectivity index (χ2v) is 10.3. The molecule has 0 saturated heterocycles. The maximum atomic E-state index is 5.65. The predicted molar refractivity (Wildman–Crippen MR) is 148 cm³/mol. The molecule has 33 heavy (non-hydrogen) atoms. The predicted octanol–water partition coefficient (Wildman–Crippen LogP) is 10.8. The van der Waals surface area contributed by atoms with Crippen LogP contribution >= 0.6 is 0 Å². The average molecular weight is 469 g/mol. The minimum absolute atomic E-state index is 0.819. The molecule has 0 amide bonds. The molecule has 0 aliphatic rings. The molecule has 0 saturated carbocycles. The highest BCUT2D eigenvalue weighted by molar-refractivity contribution is 4.51. The smallest absolute Gasteiger partial charge is 0.0487 e. The van der Waals surface area contributed by atoms with Gasteiger partial charge in [-0.25, -0.2) is 0 Å². The van der Waals surface area contributed by atoms with Crippen LogP contribution in [0.25, 0.3) is 0 Å². The Labute approximate surface area is 210 Å². The van der Waals surface area contributed by atoms with E-state index in [-0.39, 0.29) is 0 Å². The normalized spacial score (nSPS) is 11.5. The third-order valence-electron chi connectivity index (χ3n) is 6.92. The Hall–Kier alpha value is -0.0800. The summed E-state index contributed by atoms with van der Waals surface area (Å²) in [5.74, 6) is 0. The zero-order valence-electron chi connectivity index (χ0n) is 23.3. The lowest BCUT2D eigenvalue weighted by Crippen LogP contribution is -2.01.